The minimum atomic E-state index is -0.394. The van der Waals surface area contributed by atoms with Crippen molar-refractivity contribution in [3.8, 4) is 0 Å². The van der Waals surface area contributed by atoms with Crippen LogP contribution in [0, 0.1) is 0 Å². The molecule has 1 amide bonds. The first kappa shape index (κ1) is 22.6. The van der Waals surface area contributed by atoms with Crippen molar-refractivity contribution in [1.29, 1.82) is 0 Å². The van der Waals surface area contributed by atoms with Crippen LogP contribution in [0.15, 0.2) is 42.5 Å². The smallest absolute Gasteiger partial charge is 0.210 e. The summed E-state index contributed by atoms with van der Waals surface area (Å²) < 4.78 is 0. The fourth-order valence-corrected chi connectivity index (χ4v) is 6.09. The molecule has 0 spiro atoms. The number of fused-ring (bicyclic) bond motifs is 1. The van der Waals surface area contributed by atoms with Crippen LogP contribution in [0.2, 0.25) is 5.02 Å². The van der Waals surface area contributed by atoms with Gasteiger partial charge in [-0.15, -0.1) is 0 Å². The standard InChI is InChI=1S/C27H32ClN3O2/c28-24-9-5-4-8-23(24)27(33)26-22-11-10-20(16-19(22)12-13-29-26)25-17-30(14-15-31(25)18-32)21-6-2-1-3-7-21/h4-5,8-11,16,18,21,25-26,29H,1-3,6-7,12-15,17H2. The van der Waals surface area contributed by atoms with Crippen molar-refractivity contribution in [3.63, 3.8) is 0 Å². The van der Waals surface area contributed by atoms with E-state index in [9.17, 15) is 9.59 Å². The lowest BCUT2D eigenvalue weighted by Crippen LogP contribution is -2.51. The molecule has 2 fully saturated rings. The number of piperazine rings is 1. The molecule has 5 nitrogen and oxygen atoms in total. The minimum Gasteiger partial charge on any atom is -0.336 e. The molecule has 1 saturated heterocycles. The topological polar surface area (TPSA) is 52.7 Å². The molecule has 33 heavy (non-hydrogen) atoms. The third-order valence-corrected chi connectivity index (χ3v) is 8.02. The Labute approximate surface area is 201 Å². The first-order valence-electron chi connectivity index (χ1n) is 12.3. The van der Waals surface area contributed by atoms with Gasteiger partial charge in [0, 0.05) is 37.8 Å². The van der Waals surface area contributed by atoms with Gasteiger partial charge >= 0.3 is 0 Å². The highest BCUT2D eigenvalue weighted by Crippen LogP contribution is 2.34. The molecule has 1 saturated carbocycles. The maximum absolute atomic E-state index is 13.3. The fraction of sp³-hybridized carbons (Fsp3) is 0.481. The first-order valence-corrected chi connectivity index (χ1v) is 12.6. The molecule has 0 bridgehead atoms. The zero-order valence-electron chi connectivity index (χ0n) is 19.0. The fourth-order valence-electron chi connectivity index (χ4n) is 5.86. The van der Waals surface area contributed by atoms with Gasteiger partial charge in [0.2, 0.25) is 6.41 Å². The van der Waals surface area contributed by atoms with E-state index in [2.05, 4.69) is 28.4 Å². The van der Waals surface area contributed by atoms with Crippen LogP contribution in [0.25, 0.3) is 0 Å². The lowest BCUT2D eigenvalue weighted by atomic mass is 9.86. The monoisotopic (exact) mass is 465 g/mol. The molecule has 1 N–H and O–H groups in total. The van der Waals surface area contributed by atoms with Gasteiger partial charge in [0.25, 0.3) is 0 Å². The normalized spacial score (nSPS) is 24.3. The van der Waals surface area contributed by atoms with Crippen molar-refractivity contribution in [2.75, 3.05) is 26.2 Å². The second kappa shape index (κ2) is 9.96. The van der Waals surface area contributed by atoms with Gasteiger partial charge in [0.15, 0.2) is 5.78 Å². The molecule has 2 heterocycles. The quantitative estimate of drug-likeness (QED) is 0.519. The van der Waals surface area contributed by atoms with Gasteiger partial charge in [-0.25, -0.2) is 0 Å². The summed E-state index contributed by atoms with van der Waals surface area (Å²) in [4.78, 5) is 29.7. The summed E-state index contributed by atoms with van der Waals surface area (Å²) in [5.74, 6) is 0.00459. The van der Waals surface area contributed by atoms with Crippen LogP contribution in [0.3, 0.4) is 0 Å². The summed E-state index contributed by atoms with van der Waals surface area (Å²) in [6, 6.07) is 14.0. The molecule has 174 valence electrons. The van der Waals surface area contributed by atoms with E-state index >= 15 is 0 Å². The summed E-state index contributed by atoms with van der Waals surface area (Å²) in [6.45, 7) is 3.37. The third kappa shape index (κ3) is 4.59. The highest BCUT2D eigenvalue weighted by Gasteiger charge is 2.33. The van der Waals surface area contributed by atoms with Gasteiger partial charge in [-0.2, -0.15) is 0 Å². The highest BCUT2D eigenvalue weighted by atomic mass is 35.5. The van der Waals surface area contributed by atoms with E-state index in [1.165, 1.54) is 43.2 Å². The Morgan fingerprint density at radius 2 is 1.88 bits per heavy atom. The van der Waals surface area contributed by atoms with Crippen LogP contribution in [0.1, 0.15) is 71.2 Å². The summed E-state index contributed by atoms with van der Waals surface area (Å²) in [7, 11) is 0. The van der Waals surface area contributed by atoms with Crippen LogP contribution < -0.4 is 5.32 Å². The lowest BCUT2D eigenvalue weighted by molar-refractivity contribution is -0.123. The van der Waals surface area contributed by atoms with Crippen molar-refractivity contribution in [2.24, 2.45) is 0 Å². The third-order valence-electron chi connectivity index (χ3n) is 7.69. The summed E-state index contributed by atoms with van der Waals surface area (Å²) >= 11 is 6.31. The number of ketones is 1. The van der Waals surface area contributed by atoms with E-state index in [0.717, 1.165) is 44.6 Å². The average Bonchev–Trinajstić information content (AvgIpc) is 2.88. The Morgan fingerprint density at radius 3 is 2.67 bits per heavy atom. The largest absolute Gasteiger partial charge is 0.336 e. The number of hydrogen-bond acceptors (Lipinski definition) is 4. The van der Waals surface area contributed by atoms with Crippen molar-refractivity contribution >= 4 is 23.8 Å². The predicted molar refractivity (Wildman–Crippen MR) is 131 cm³/mol. The van der Waals surface area contributed by atoms with Gasteiger partial charge in [-0.3, -0.25) is 14.5 Å². The number of Topliss-reactive ketones (excluding diaryl/α,β-unsaturated/α-hetero) is 1. The maximum atomic E-state index is 13.3. The highest BCUT2D eigenvalue weighted by molar-refractivity contribution is 6.34. The van der Waals surface area contributed by atoms with Gasteiger partial charge in [-0.05, 0) is 48.1 Å². The number of halogens is 1. The Hall–Kier alpha value is -2.21. The second-order valence-corrected chi connectivity index (χ2v) is 9.99. The second-order valence-electron chi connectivity index (χ2n) is 9.59. The molecule has 2 aromatic rings. The van der Waals surface area contributed by atoms with E-state index in [0.29, 0.717) is 16.6 Å². The predicted octanol–water partition coefficient (Wildman–Crippen LogP) is 4.56. The van der Waals surface area contributed by atoms with E-state index in [4.69, 9.17) is 11.6 Å². The molecule has 2 aliphatic heterocycles. The van der Waals surface area contributed by atoms with Gasteiger partial charge < -0.3 is 10.2 Å². The molecular weight excluding hydrogens is 434 g/mol. The number of nitrogens with one attached hydrogen (secondary N) is 1. The number of rotatable bonds is 5. The average molecular weight is 466 g/mol. The lowest BCUT2D eigenvalue weighted by Gasteiger charge is -2.44. The van der Waals surface area contributed by atoms with Gasteiger partial charge in [0.05, 0.1) is 17.1 Å². The number of amides is 1. The van der Waals surface area contributed by atoms with E-state index in [-0.39, 0.29) is 11.8 Å². The Balaban J connectivity index is 1.40. The molecule has 2 unspecified atom stereocenters. The Bertz CT molecular complexity index is 1020. The van der Waals surface area contributed by atoms with Crippen molar-refractivity contribution in [3.05, 3.63) is 69.7 Å². The van der Waals surface area contributed by atoms with E-state index in [1.54, 1.807) is 12.1 Å². The number of hydrogen-bond donors (Lipinski definition) is 1. The summed E-state index contributed by atoms with van der Waals surface area (Å²) in [5, 5.41) is 3.87. The maximum Gasteiger partial charge on any atom is 0.210 e. The van der Waals surface area contributed by atoms with Crippen molar-refractivity contribution < 1.29 is 9.59 Å². The van der Waals surface area contributed by atoms with Crippen LogP contribution in [-0.4, -0.2) is 54.2 Å². The zero-order valence-corrected chi connectivity index (χ0v) is 19.8. The molecule has 2 aromatic carbocycles. The zero-order chi connectivity index (χ0) is 22.8. The van der Waals surface area contributed by atoms with Gasteiger partial charge in [-0.1, -0.05) is 61.2 Å². The van der Waals surface area contributed by atoms with Crippen LogP contribution >= 0.6 is 11.6 Å². The molecule has 2 atom stereocenters. The number of nitrogens with zero attached hydrogens (tertiary/aromatic N) is 2. The SMILES string of the molecule is O=CN1CCN(C2CCCCC2)CC1c1ccc2c(c1)CCNC2C(=O)c1ccccc1Cl. The first-order chi connectivity index (χ1) is 16.2. The van der Waals surface area contributed by atoms with Crippen LogP contribution in [0.5, 0.6) is 0 Å². The van der Waals surface area contributed by atoms with Crippen molar-refractivity contribution in [2.45, 2.75) is 56.7 Å². The number of benzene rings is 2. The number of carbonyl (C=O) groups is 2. The minimum absolute atomic E-state index is 0.00459. The summed E-state index contributed by atoms with van der Waals surface area (Å²) in [5.41, 5.74) is 3.94. The van der Waals surface area contributed by atoms with Crippen LogP contribution in [0.4, 0.5) is 0 Å². The van der Waals surface area contributed by atoms with Crippen molar-refractivity contribution in [1.82, 2.24) is 15.1 Å². The van der Waals surface area contributed by atoms with E-state index in [1.807, 2.05) is 17.0 Å². The van der Waals surface area contributed by atoms with Crippen LogP contribution in [-0.2, 0) is 11.2 Å². The van der Waals surface area contributed by atoms with E-state index < -0.39 is 6.04 Å². The van der Waals surface area contributed by atoms with Gasteiger partial charge in [0.1, 0.15) is 0 Å². The summed E-state index contributed by atoms with van der Waals surface area (Å²) in [6.07, 6.45) is 8.40. The molecular formula is C27H32ClN3O2. The molecule has 5 rings (SSSR count). The molecule has 1 aliphatic carbocycles. The molecule has 0 aromatic heterocycles. The Kier molecular flexibility index (Phi) is 6.81. The molecule has 6 heteroatoms. The molecule has 0 radical (unpaired) electrons. The Morgan fingerprint density at radius 1 is 1.06 bits per heavy atom. The molecule has 3 aliphatic rings. The number of carbonyl (C=O) groups excluding carboxylic acids is 2.